The monoisotopic (exact) mass is 307 g/mol. The molecule has 1 unspecified atom stereocenters. The van der Waals surface area contributed by atoms with Gasteiger partial charge in [0.15, 0.2) is 5.78 Å². The Kier molecular flexibility index (Phi) is 5.12. The van der Waals surface area contributed by atoms with E-state index in [0.29, 0.717) is 5.92 Å². The Labute approximate surface area is 138 Å². The molecular weight excluding hydrogens is 282 g/mol. The molecule has 1 aliphatic carbocycles. The Hall–Kier alpha value is -2.09. The third-order valence-corrected chi connectivity index (χ3v) is 4.84. The third kappa shape index (κ3) is 4.01. The maximum atomic E-state index is 13.1. The van der Waals surface area contributed by atoms with Crippen LogP contribution in [0.5, 0.6) is 0 Å². The van der Waals surface area contributed by atoms with Gasteiger partial charge < -0.3 is 5.32 Å². The Morgan fingerprint density at radius 3 is 2.26 bits per heavy atom. The van der Waals surface area contributed by atoms with E-state index in [-0.39, 0.29) is 11.8 Å². The van der Waals surface area contributed by atoms with Crippen molar-refractivity contribution in [1.29, 1.82) is 0 Å². The maximum absolute atomic E-state index is 13.1. The van der Waals surface area contributed by atoms with Crippen molar-refractivity contribution >= 4 is 11.5 Å². The lowest BCUT2D eigenvalue weighted by atomic mass is 9.81. The summed E-state index contributed by atoms with van der Waals surface area (Å²) in [5.74, 6) is 0.649. The molecule has 0 aromatic heterocycles. The van der Waals surface area contributed by atoms with Gasteiger partial charge in [-0.2, -0.15) is 0 Å². The molecule has 120 valence electrons. The number of ketones is 1. The van der Waals surface area contributed by atoms with Crippen molar-refractivity contribution in [2.75, 3.05) is 5.32 Å². The van der Waals surface area contributed by atoms with Crippen LogP contribution in [0.1, 0.15) is 48.0 Å². The smallest absolute Gasteiger partial charge is 0.185 e. The van der Waals surface area contributed by atoms with Crippen molar-refractivity contribution in [3.05, 3.63) is 65.7 Å². The molecule has 0 spiro atoms. The zero-order chi connectivity index (χ0) is 16.1. The molecule has 23 heavy (non-hydrogen) atoms. The molecule has 0 bridgehead atoms. The van der Waals surface area contributed by atoms with Gasteiger partial charge in [-0.3, -0.25) is 4.79 Å². The van der Waals surface area contributed by atoms with E-state index in [1.807, 2.05) is 30.3 Å². The number of Topliss-reactive ketones (excluding diaryl/α,β-unsaturated/α-hetero) is 1. The summed E-state index contributed by atoms with van der Waals surface area (Å²) >= 11 is 0. The van der Waals surface area contributed by atoms with Crippen LogP contribution in [0.3, 0.4) is 0 Å². The summed E-state index contributed by atoms with van der Waals surface area (Å²) in [7, 11) is 0. The number of anilines is 1. The largest absolute Gasteiger partial charge is 0.375 e. The summed E-state index contributed by atoms with van der Waals surface area (Å²) in [4.78, 5) is 13.1. The number of hydrogen-bond acceptors (Lipinski definition) is 2. The van der Waals surface area contributed by atoms with Gasteiger partial charge in [-0.1, -0.05) is 67.3 Å². The molecular formula is C21H25NO. The Bertz CT molecular complexity index is 627. The Morgan fingerprint density at radius 2 is 1.61 bits per heavy atom. The molecule has 0 saturated heterocycles. The number of benzene rings is 2. The third-order valence-electron chi connectivity index (χ3n) is 4.84. The summed E-state index contributed by atoms with van der Waals surface area (Å²) in [5, 5.41) is 3.52. The van der Waals surface area contributed by atoms with Gasteiger partial charge in [-0.15, -0.1) is 0 Å². The molecule has 1 atom stereocenters. The predicted octanol–water partition coefficient (Wildman–Crippen LogP) is 5.24. The summed E-state index contributed by atoms with van der Waals surface area (Å²) in [6.45, 7) is 2.08. The van der Waals surface area contributed by atoms with E-state index in [4.69, 9.17) is 0 Å². The second kappa shape index (κ2) is 7.45. The van der Waals surface area contributed by atoms with E-state index in [1.165, 1.54) is 24.8 Å². The predicted molar refractivity (Wildman–Crippen MR) is 95.9 cm³/mol. The molecule has 1 aliphatic rings. The summed E-state index contributed by atoms with van der Waals surface area (Å²) in [6.07, 6.45) is 6.05. The number of carbonyl (C=O) groups excluding carboxylic acids is 1. The van der Waals surface area contributed by atoms with Crippen molar-refractivity contribution in [2.24, 2.45) is 5.92 Å². The van der Waals surface area contributed by atoms with Gasteiger partial charge in [-0.25, -0.2) is 0 Å². The highest BCUT2D eigenvalue weighted by Gasteiger charge is 2.30. The number of nitrogens with one attached hydrogen (secondary N) is 1. The first kappa shape index (κ1) is 15.8. The second-order valence-electron chi connectivity index (χ2n) is 6.62. The number of rotatable bonds is 5. The SMILES string of the molecule is Cc1ccc(NC(C(=O)c2ccccc2)C2CCCCC2)cc1. The number of aryl methyl sites for hydroxylation is 1. The van der Waals surface area contributed by atoms with Crippen LogP contribution in [-0.4, -0.2) is 11.8 Å². The van der Waals surface area contributed by atoms with E-state index in [0.717, 1.165) is 24.1 Å². The van der Waals surface area contributed by atoms with Crippen molar-refractivity contribution in [3.8, 4) is 0 Å². The summed E-state index contributed by atoms with van der Waals surface area (Å²) in [6, 6.07) is 17.9. The molecule has 0 amide bonds. The fourth-order valence-corrected chi connectivity index (χ4v) is 3.48. The number of hydrogen-bond donors (Lipinski definition) is 1. The highest BCUT2D eigenvalue weighted by atomic mass is 16.1. The second-order valence-corrected chi connectivity index (χ2v) is 6.62. The quantitative estimate of drug-likeness (QED) is 0.765. The first-order chi connectivity index (χ1) is 11.2. The van der Waals surface area contributed by atoms with Crippen molar-refractivity contribution in [3.63, 3.8) is 0 Å². The maximum Gasteiger partial charge on any atom is 0.185 e. The normalized spacial score (nSPS) is 16.7. The van der Waals surface area contributed by atoms with Crippen LogP contribution < -0.4 is 5.32 Å². The lowest BCUT2D eigenvalue weighted by Crippen LogP contribution is -2.38. The van der Waals surface area contributed by atoms with Crippen LogP contribution in [-0.2, 0) is 0 Å². The van der Waals surface area contributed by atoms with Gasteiger partial charge in [0.25, 0.3) is 0 Å². The molecule has 0 heterocycles. The van der Waals surface area contributed by atoms with Gasteiger partial charge in [0.2, 0.25) is 0 Å². The van der Waals surface area contributed by atoms with Crippen molar-refractivity contribution in [2.45, 2.75) is 45.1 Å². The molecule has 0 aliphatic heterocycles. The minimum Gasteiger partial charge on any atom is -0.375 e. The molecule has 2 aromatic rings. The van der Waals surface area contributed by atoms with E-state index in [9.17, 15) is 4.79 Å². The van der Waals surface area contributed by atoms with Crippen LogP contribution in [0.4, 0.5) is 5.69 Å². The van der Waals surface area contributed by atoms with E-state index in [2.05, 4.69) is 36.5 Å². The highest BCUT2D eigenvalue weighted by Crippen LogP contribution is 2.30. The Balaban J connectivity index is 1.83. The van der Waals surface area contributed by atoms with Crippen LogP contribution in [0.2, 0.25) is 0 Å². The fourth-order valence-electron chi connectivity index (χ4n) is 3.48. The zero-order valence-corrected chi connectivity index (χ0v) is 13.8. The molecule has 2 aromatic carbocycles. The topological polar surface area (TPSA) is 29.1 Å². The van der Waals surface area contributed by atoms with E-state index < -0.39 is 0 Å². The minimum atomic E-state index is -0.125. The zero-order valence-electron chi connectivity index (χ0n) is 13.8. The lowest BCUT2D eigenvalue weighted by molar-refractivity contribution is 0.0929. The minimum absolute atomic E-state index is 0.125. The van der Waals surface area contributed by atoms with Gasteiger partial charge in [-0.05, 0) is 37.8 Å². The molecule has 0 radical (unpaired) electrons. The fraction of sp³-hybridized carbons (Fsp3) is 0.381. The first-order valence-electron chi connectivity index (χ1n) is 8.66. The van der Waals surface area contributed by atoms with Gasteiger partial charge >= 0.3 is 0 Å². The van der Waals surface area contributed by atoms with E-state index in [1.54, 1.807) is 0 Å². The molecule has 2 nitrogen and oxygen atoms in total. The average molecular weight is 307 g/mol. The summed E-state index contributed by atoms with van der Waals surface area (Å²) in [5.41, 5.74) is 3.08. The van der Waals surface area contributed by atoms with Gasteiger partial charge in [0.05, 0.1) is 6.04 Å². The van der Waals surface area contributed by atoms with Crippen molar-refractivity contribution in [1.82, 2.24) is 0 Å². The highest BCUT2D eigenvalue weighted by molar-refractivity contribution is 6.01. The van der Waals surface area contributed by atoms with Crippen LogP contribution in [0.15, 0.2) is 54.6 Å². The van der Waals surface area contributed by atoms with Crippen LogP contribution in [0, 0.1) is 12.8 Å². The molecule has 3 rings (SSSR count). The molecule has 2 heteroatoms. The first-order valence-corrected chi connectivity index (χ1v) is 8.66. The molecule has 1 saturated carbocycles. The van der Waals surface area contributed by atoms with E-state index >= 15 is 0 Å². The standard InChI is InChI=1S/C21H25NO/c1-16-12-14-19(15-13-16)22-20(17-8-4-2-5-9-17)21(23)18-10-6-3-7-11-18/h3,6-7,10-15,17,20,22H,2,4-5,8-9H2,1H3. The number of carbonyl (C=O) groups is 1. The van der Waals surface area contributed by atoms with Crippen molar-refractivity contribution < 1.29 is 4.79 Å². The lowest BCUT2D eigenvalue weighted by Gasteiger charge is -2.30. The van der Waals surface area contributed by atoms with Gasteiger partial charge in [0.1, 0.15) is 0 Å². The molecule has 1 fully saturated rings. The average Bonchev–Trinajstić information content (AvgIpc) is 2.62. The Morgan fingerprint density at radius 1 is 0.957 bits per heavy atom. The van der Waals surface area contributed by atoms with Crippen LogP contribution in [0.25, 0.3) is 0 Å². The van der Waals surface area contributed by atoms with Crippen LogP contribution >= 0.6 is 0 Å². The summed E-state index contributed by atoms with van der Waals surface area (Å²) < 4.78 is 0. The van der Waals surface area contributed by atoms with Gasteiger partial charge in [0, 0.05) is 11.3 Å². The molecule has 1 N–H and O–H groups in total.